The van der Waals surface area contributed by atoms with Crippen LogP contribution in [-0.2, 0) is 0 Å². The Balaban J connectivity index is 1.30. The SMILES string of the molecule is CC1=C[C@@H](C(C)C)C[C@H](C)[C@@H]1c1c(C)nn(-c2cc(Oc3ccc4c5ccccc5n(-c5cc(C)ccn5)c4c3)cc(C(C)C)c2)c1C. The Bertz CT molecular complexity index is 2180. The van der Waals surface area contributed by atoms with E-state index in [1.807, 2.05) is 12.3 Å². The summed E-state index contributed by atoms with van der Waals surface area (Å²) in [6.07, 6.45) is 5.62. The van der Waals surface area contributed by atoms with Gasteiger partial charge in [0.2, 0.25) is 0 Å². The van der Waals surface area contributed by atoms with Gasteiger partial charge in [0, 0.05) is 46.3 Å². The smallest absolute Gasteiger partial charge is 0.137 e. The summed E-state index contributed by atoms with van der Waals surface area (Å²) in [5.74, 6) is 5.09. The first-order valence-corrected chi connectivity index (χ1v) is 17.5. The van der Waals surface area contributed by atoms with Crippen LogP contribution in [-0.4, -0.2) is 19.3 Å². The predicted molar refractivity (Wildman–Crippen MR) is 199 cm³/mol. The zero-order chi connectivity index (χ0) is 33.9. The molecular formula is C43H48N4O. The van der Waals surface area contributed by atoms with Crippen LogP contribution in [0.1, 0.15) is 87.9 Å². The number of fused-ring (bicyclic) bond motifs is 3. The van der Waals surface area contributed by atoms with Crippen LogP contribution in [0.15, 0.2) is 90.6 Å². The fraction of sp³-hybridized carbons (Fsp3) is 0.349. The lowest BCUT2D eigenvalue weighted by Gasteiger charge is -2.35. The maximum absolute atomic E-state index is 6.73. The number of pyridine rings is 1. The Kier molecular flexibility index (Phi) is 8.27. The first-order chi connectivity index (χ1) is 23.0. The van der Waals surface area contributed by atoms with E-state index >= 15 is 0 Å². The summed E-state index contributed by atoms with van der Waals surface area (Å²) in [7, 11) is 0. The second-order valence-electron chi connectivity index (χ2n) is 14.7. The van der Waals surface area contributed by atoms with Gasteiger partial charge in [0.1, 0.15) is 17.3 Å². The maximum atomic E-state index is 6.73. The second-order valence-corrected chi connectivity index (χ2v) is 14.7. The standard InChI is InChI=1S/C43H48N4O/c1-25(2)32-19-28(6)42(29(7)20-32)43-30(8)45-47(31(43)9)34-21-33(26(3)4)22-36(23-34)48-35-14-15-38-37-12-10-11-13-39(37)46(40(38)24-35)41-18-27(5)16-17-44-41/h10-19,21-26,29,32,42H,20H2,1-9H3/t29-,32+,42+/m0/s1. The van der Waals surface area contributed by atoms with Gasteiger partial charge in [-0.15, -0.1) is 0 Å². The van der Waals surface area contributed by atoms with Gasteiger partial charge in [-0.05, 0) is 111 Å². The van der Waals surface area contributed by atoms with Gasteiger partial charge in [-0.3, -0.25) is 4.57 Å². The van der Waals surface area contributed by atoms with E-state index in [1.54, 1.807) is 0 Å². The first-order valence-electron chi connectivity index (χ1n) is 17.5. The fourth-order valence-corrected chi connectivity index (χ4v) is 8.02. The summed E-state index contributed by atoms with van der Waals surface area (Å²) in [6.45, 7) is 20.4. The average Bonchev–Trinajstić information content (AvgIpc) is 3.53. The molecule has 0 radical (unpaired) electrons. The number of allylic oxidation sites excluding steroid dienone is 2. The van der Waals surface area contributed by atoms with E-state index in [0.29, 0.717) is 29.6 Å². The quantitative estimate of drug-likeness (QED) is 0.164. The summed E-state index contributed by atoms with van der Waals surface area (Å²) >= 11 is 0. The molecule has 48 heavy (non-hydrogen) atoms. The predicted octanol–water partition coefficient (Wildman–Crippen LogP) is 11.5. The minimum Gasteiger partial charge on any atom is -0.457 e. The Morgan fingerprint density at radius 3 is 2.31 bits per heavy atom. The van der Waals surface area contributed by atoms with Crippen LogP contribution in [0.25, 0.3) is 33.3 Å². The van der Waals surface area contributed by atoms with E-state index < -0.39 is 0 Å². The highest BCUT2D eigenvalue weighted by atomic mass is 16.5. The average molecular weight is 637 g/mol. The third kappa shape index (κ3) is 5.63. The molecule has 1 aliphatic rings. The van der Waals surface area contributed by atoms with Crippen molar-refractivity contribution in [2.45, 2.75) is 80.6 Å². The van der Waals surface area contributed by atoms with Crippen molar-refractivity contribution in [3.63, 3.8) is 0 Å². The first kappa shape index (κ1) is 31.9. The van der Waals surface area contributed by atoms with Gasteiger partial charge in [-0.25, -0.2) is 9.67 Å². The lowest BCUT2D eigenvalue weighted by Crippen LogP contribution is -2.24. The molecule has 3 atom stereocenters. The van der Waals surface area contributed by atoms with E-state index in [0.717, 1.165) is 39.7 Å². The minimum atomic E-state index is 0.331. The summed E-state index contributed by atoms with van der Waals surface area (Å²) < 4.78 is 11.1. The number of nitrogens with zero attached hydrogens (tertiary/aromatic N) is 4. The van der Waals surface area contributed by atoms with Crippen molar-refractivity contribution >= 4 is 21.8 Å². The van der Waals surface area contributed by atoms with Crippen molar-refractivity contribution in [1.29, 1.82) is 0 Å². The molecule has 0 amide bonds. The van der Waals surface area contributed by atoms with Crippen LogP contribution in [0, 0.1) is 38.5 Å². The fourth-order valence-electron chi connectivity index (χ4n) is 8.02. The number of rotatable bonds is 7. The second kappa shape index (κ2) is 12.4. The van der Waals surface area contributed by atoms with Crippen molar-refractivity contribution in [3.05, 3.63) is 119 Å². The monoisotopic (exact) mass is 636 g/mol. The summed E-state index contributed by atoms with van der Waals surface area (Å²) in [5.41, 5.74) is 10.8. The van der Waals surface area contributed by atoms with Crippen molar-refractivity contribution in [2.75, 3.05) is 0 Å². The molecule has 0 bridgehead atoms. The Hall–Kier alpha value is -4.64. The van der Waals surface area contributed by atoms with Gasteiger partial charge >= 0.3 is 0 Å². The van der Waals surface area contributed by atoms with E-state index in [2.05, 4.69) is 144 Å². The molecule has 0 unspecified atom stereocenters. The van der Waals surface area contributed by atoms with Crippen molar-refractivity contribution in [1.82, 2.24) is 19.3 Å². The van der Waals surface area contributed by atoms with Gasteiger partial charge in [0.15, 0.2) is 0 Å². The molecule has 3 heterocycles. The van der Waals surface area contributed by atoms with Gasteiger partial charge in [0.05, 0.1) is 22.4 Å². The Labute approximate surface area is 285 Å². The molecule has 3 aromatic carbocycles. The highest BCUT2D eigenvalue weighted by Gasteiger charge is 2.33. The van der Waals surface area contributed by atoms with Gasteiger partial charge in [-0.1, -0.05) is 64.5 Å². The van der Waals surface area contributed by atoms with Crippen LogP contribution in [0.3, 0.4) is 0 Å². The lowest BCUT2D eigenvalue weighted by atomic mass is 9.69. The number of ether oxygens (including phenoxy) is 1. The molecule has 3 aromatic heterocycles. The molecule has 5 heteroatoms. The van der Waals surface area contributed by atoms with E-state index in [9.17, 15) is 0 Å². The van der Waals surface area contributed by atoms with E-state index in [1.165, 1.54) is 45.2 Å². The molecular weight excluding hydrogens is 589 g/mol. The van der Waals surface area contributed by atoms with Crippen LogP contribution < -0.4 is 4.74 Å². The number of hydrogen-bond donors (Lipinski definition) is 0. The molecule has 1 aliphatic carbocycles. The topological polar surface area (TPSA) is 44.9 Å². The molecule has 0 aliphatic heterocycles. The van der Waals surface area contributed by atoms with Crippen molar-refractivity contribution in [2.24, 2.45) is 17.8 Å². The molecule has 0 N–H and O–H groups in total. The third-order valence-corrected chi connectivity index (χ3v) is 10.5. The molecule has 5 nitrogen and oxygen atoms in total. The highest BCUT2D eigenvalue weighted by Crippen LogP contribution is 2.45. The van der Waals surface area contributed by atoms with Crippen molar-refractivity contribution in [3.8, 4) is 23.0 Å². The number of aromatic nitrogens is 4. The van der Waals surface area contributed by atoms with Crippen LogP contribution in [0.2, 0.25) is 0 Å². The molecule has 246 valence electrons. The van der Waals surface area contributed by atoms with Crippen molar-refractivity contribution < 1.29 is 4.74 Å². The number of benzene rings is 3. The summed E-state index contributed by atoms with van der Waals surface area (Å²) in [5, 5.41) is 7.54. The number of aryl methyl sites for hydroxylation is 2. The van der Waals surface area contributed by atoms with Gasteiger partial charge in [0.25, 0.3) is 0 Å². The molecule has 0 fully saturated rings. The summed E-state index contributed by atoms with van der Waals surface area (Å²) in [6, 6.07) is 25.7. The zero-order valence-corrected chi connectivity index (χ0v) is 29.9. The normalized spacial score (nSPS) is 18.3. The molecule has 0 saturated carbocycles. The maximum Gasteiger partial charge on any atom is 0.137 e. The molecule has 7 rings (SSSR count). The summed E-state index contributed by atoms with van der Waals surface area (Å²) in [4.78, 5) is 4.75. The largest absolute Gasteiger partial charge is 0.457 e. The zero-order valence-electron chi connectivity index (χ0n) is 29.9. The number of hydrogen-bond acceptors (Lipinski definition) is 3. The lowest BCUT2D eigenvalue weighted by molar-refractivity contribution is 0.317. The third-order valence-electron chi connectivity index (χ3n) is 10.5. The molecule has 6 aromatic rings. The molecule has 0 spiro atoms. The molecule has 0 saturated heterocycles. The van der Waals surface area contributed by atoms with E-state index in [-0.39, 0.29) is 0 Å². The van der Waals surface area contributed by atoms with Crippen LogP contribution >= 0.6 is 0 Å². The highest BCUT2D eigenvalue weighted by molar-refractivity contribution is 6.09. The Morgan fingerprint density at radius 1 is 0.812 bits per heavy atom. The number of para-hydroxylation sites is 1. The Morgan fingerprint density at radius 2 is 1.58 bits per heavy atom. The van der Waals surface area contributed by atoms with Crippen LogP contribution in [0.5, 0.6) is 11.5 Å². The van der Waals surface area contributed by atoms with Crippen LogP contribution in [0.4, 0.5) is 0 Å². The minimum absolute atomic E-state index is 0.331. The van der Waals surface area contributed by atoms with Gasteiger partial charge < -0.3 is 4.74 Å². The van der Waals surface area contributed by atoms with Gasteiger partial charge in [-0.2, -0.15) is 5.10 Å². The van der Waals surface area contributed by atoms with E-state index in [4.69, 9.17) is 14.8 Å².